The van der Waals surface area contributed by atoms with Gasteiger partial charge in [0.15, 0.2) is 0 Å². The molecule has 0 saturated carbocycles. The maximum Gasteiger partial charge on any atom is 0.264 e. The molecule has 1 N–H and O–H groups in total. The van der Waals surface area contributed by atoms with Gasteiger partial charge in [0.25, 0.3) is 10.0 Å². The molecule has 1 amide bonds. The number of nitrogens with one attached hydrogen (secondary N) is 1. The van der Waals surface area contributed by atoms with Crippen molar-refractivity contribution in [3.8, 4) is 5.75 Å². The Labute approximate surface area is 189 Å². The lowest BCUT2D eigenvalue weighted by molar-refractivity contribution is -0.120. The topological polar surface area (TPSA) is 75.7 Å². The second-order valence-corrected chi connectivity index (χ2v) is 9.38. The molecular formula is C25H28N2O4S. The van der Waals surface area contributed by atoms with Crippen LogP contribution in [0, 0.1) is 0 Å². The number of sulfonamides is 1. The SMILES string of the molecule is COc1cccc(N(CC(=O)N[C@H](C)CCc2ccccc2)S(=O)(=O)c2ccccc2)c1. The molecule has 0 aliphatic heterocycles. The lowest BCUT2D eigenvalue weighted by atomic mass is 10.1. The van der Waals surface area contributed by atoms with Gasteiger partial charge in [0.2, 0.25) is 5.91 Å². The predicted octanol–water partition coefficient (Wildman–Crippen LogP) is 4.03. The number of amides is 1. The van der Waals surface area contributed by atoms with Crippen LogP contribution in [0.3, 0.4) is 0 Å². The Balaban J connectivity index is 1.77. The zero-order valence-electron chi connectivity index (χ0n) is 18.3. The van der Waals surface area contributed by atoms with Crippen molar-refractivity contribution in [1.29, 1.82) is 0 Å². The number of aryl methyl sites for hydroxylation is 1. The van der Waals surface area contributed by atoms with E-state index in [1.54, 1.807) is 42.5 Å². The number of nitrogens with zero attached hydrogens (tertiary/aromatic N) is 1. The van der Waals surface area contributed by atoms with Crippen LogP contribution in [0.25, 0.3) is 0 Å². The number of methoxy groups -OCH3 is 1. The normalized spacial score (nSPS) is 12.1. The number of hydrogen-bond donors (Lipinski definition) is 1. The molecule has 0 aliphatic rings. The van der Waals surface area contributed by atoms with Crippen LogP contribution >= 0.6 is 0 Å². The van der Waals surface area contributed by atoms with E-state index in [-0.39, 0.29) is 23.4 Å². The second-order valence-electron chi connectivity index (χ2n) is 7.52. The van der Waals surface area contributed by atoms with E-state index >= 15 is 0 Å². The minimum absolute atomic E-state index is 0.103. The molecule has 0 bridgehead atoms. The van der Waals surface area contributed by atoms with Crippen LogP contribution in [0.15, 0.2) is 89.8 Å². The number of carbonyl (C=O) groups is 1. The predicted molar refractivity (Wildman–Crippen MR) is 126 cm³/mol. The van der Waals surface area contributed by atoms with Gasteiger partial charge in [-0.3, -0.25) is 9.10 Å². The van der Waals surface area contributed by atoms with Gasteiger partial charge in [-0.15, -0.1) is 0 Å². The van der Waals surface area contributed by atoms with Crippen LogP contribution in [0.1, 0.15) is 18.9 Å². The van der Waals surface area contributed by atoms with Crippen LogP contribution in [-0.4, -0.2) is 34.0 Å². The lowest BCUT2D eigenvalue weighted by Gasteiger charge is -2.25. The first-order valence-corrected chi connectivity index (χ1v) is 11.9. The number of carbonyl (C=O) groups excluding carboxylic acids is 1. The molecule has 0 fully saturated rings. The van der Waals surface area contributed by atoms with Crippen LogP contribution in [-0.2, 0) is 21.2 Å². The summed E-state index contributed by atoms with van der Waals surface area (Å²) in [6.07, 6.45) is 1.57. The van der Waals surface area contributed by atoms with E-state index in [1.165, 1.54) is 24.8 Å². The fourth-order valence-electron chi connectivity index (χ4n) is 3.35. The number of rotatable bonds is 10. The first-order chi connectivity index (χ1) is 15.4. The summed E-state index contributed by atoms with van der Waals surface area (Å²) >= 11 is 0. The standard InChI is InChI=1S/C25H28N2O4S/c1-20(16-17-21-10-5-3-6-11-21)26-25(28)19-27(22-12-9-13-23(18-22)31-2)32(29,30)24-14-7-4-8-15-24/h3-15,18,20H,16-17,19H2,1-2H3,(H,26,28)/t20-/m1/s1. The van der Waals surface area contributed by atoms with E-state index in [2.05, 4.69) is 5.32 Å². The molecule has 0 spiro atoms. The highest BCUT2D eigenvalue weighted by atomic mass is 32.2. The van der Waals surface area contributed by atoms with Crippen molar-refractivity contribution in [2.24, 2.45) is 0 Å². The van der Waals surface area contributed by atoms with Crippen LogP contribution in [0.5, 0.6) is 5.75 Å². The van der Waals surface area contributed by atoms with Crippen LogP contribution in [0.4, 0.5) is 5.69 Å². The van der Waals surface area contributed by atoms with Crippen molar-refractivity contribution in [3.05, 3.63) is 90.5 Å². The summed E-state index contributed by atoms with van der Waals surface area (Å²) in [6.45, 7) is 1.59. The van der Waals surface area contributed by atoms with Crippen molar-refractivity contribution < 1.29 is 17.9 Å². The highest BCUT2D eigenvalue weighted by molar-refractivity contribution is 7.92. The summed E-state index contributed by atoms with van der Waals surface area (Å²) in [5.74, 6) is 0.139. The van der Waals surface area contributed by atoms with Crippen molar-refractivity contribution >= 4 is 21.6 Å². The van der Waals surface area contributed by atoms with E-state index in [1.807, 2.05) is 37.3 Å². The molecule has 168 valence electrons. The Morgan fingerprint density at radius 2 is 1.62 bits per heavy atom. The number of benzene rings is 3. The molecule has 3 rings (SSSR count). The van der Waals surface area contributed by atoms with Crippen molar-refractivity contribution in [1.82, 2.24) is 5.32 Å². The summed E-state index contributed by atoms with van der Waals surface area (Å²) in [4.78, 5) is 13.0. The largest absolute Gasteiger partial charge is 0.497 e. The van der Waals surface area contributed by atoms with Gasteiger partial charge in [-0.1, -0.05) is 54.6 Å². The molecule has 1 atom stereocenters. The Bertz CT molecular complexity index is 1120. The first kappa shape index (κ1) is 23.3. The first-order valence-electron chi connectivity index (χ1n) is 10.5. The summed E-state index contributed by atoms with van der Waals surface area (Å²) in [5, 5.41) is 2.93. The molecule has 0 radical (unpaired) electrons. The maximum atomic E-state index is 13.4. The molecule has 7 heteroatoms. The molecule has 0 unspecified atom stereocenters. The van der Waals surface area contributed by atoms with Crippen molar-refractivity contribution in [3.63, 3.8) is 0 Å². The van der Waals surface area contributed by atoms with Crippen molar-refractivity contribution in [2.75, 3.05) is 18.0 Å². The van der Waals surface area contributed by atoms with Gasteiger partial charge < -0.3 is 10.1 Å². The highest BCUT2D eigenvalue weighted by Gasteiger charge is 2.27. The molecule has 0 heterocycles. The van der Waals surface area contributed by atoms with Gasteiger partial charge in [0.1, 0.15) is 12.3 Å². The molecule has 0 saturated heterocycles. The zero-order chi connectivity index (χ0) is 23.0. The zero-order valence-corrected chi connectivity index (χ0v) is 19.1. The average molecular weight is 453 g/mol. The van der Waals surface area contributed by atoms with E-state index in [0.717, 1.165) is 17.1 Å². The van der Waals surface area contributed by atoms with Gasteiger partial charge in [-0.05, 0) is 49.6 Å². The van der Waals surface area contributed by atoms with Crippen LogP contribution in [0.2, 0.25) is 0 Å². The summed E-state index contributed by atoms with van der Waals surface area (Å²) in [6, 6.07) is 24.7. The Hall–Kier alpha value is -3.32. The number of hydrogen-bond acceptors (Lipinski definition) is 4. The minimum atomic E-state index is -3.95. The number of anilines is 1. The Morgan fingerprint density at radius 3 is 2.28 bits per heavy atom. The van der Waals surface area contributed by atoms with E-state index in [0.29, 0.717) is 11.4 Å². The molecule has 3 aromatic carbocycles. The third-order valence-corrected chi connectivity index (χ3v) is 6.86. The summed E-state index contributed by atoms with van der Waals surface area (Å²) < 4.78 is 33.1. The smallest absolute Gasteiger partial charge is 0.264 e. The third-order valence-electron chi connectivity index (χ3n) is 5.08. The Kier molecular flexibility index (Phi) is 7.89. The highest BCUT2D eigenvalue weighted by Crippen LogP contribution is 2.26. The monoisotopic (exact) mass is 452 g/mol. The molecular weight excluding hydrogens is 424 g/mol. The lowest BCUT2D eigenvalue weighted by Crippen LogP contribution is -2.43. The van der Waals surface area contributed by atoms with E-state index < -0.39 is 10.0 Å². The quantitative estimate of drug-likeness (QED) is 0.504. The number of ether oxygens (including phenoxy) is 1. The van der Waals surface area contributed by atoms with Crippen molar-refractivity contribution in [2.45, 2.75) is 30.7 Å². The molecule has 0 aromatic heterocycles. The van der Waals surface area contributed by atoms with Gasteiger partial charge in [-0.2, -0.15) is 0 Å². The summed E-state index contributed by atoms with van der Waals surface area (Å²) in [5.41, 5.74) is 1.55. The molecule has 3 aromatic rings. The second kappa shape index (κ2) is 10.8. The van der Waals surface area contributed by atoms with Gasteiger partial charge >= 0.3 is 0 Å². The Morgan fingerprint density at radius 1 is 0.969 bits per heavy atom. The third kappa shape index (κ3) is 6.11. The van der Waals surface area contributed by atoms with Crippen LogP contribution < -0.4 is 14.4 Å². The minimum Gasteiger partial charge on any atom is -0.497 e. The maximum absolute atomic E-state index is 13.4. The van der Waals surface area contributed by atoms with E-state index in [9.17, 15) is 13.2 Å². The van der Waals surface area contributed by atoms with E-state index in [4.69, 9.17) is 4.74 Å². The molecule has 32 heavy (non-hydrogen) atoms. The molecule has 6 nitrogen and oxygen atoms in total. The fourth-order valence-corrected chi connectivity index (χ4v) is 4.79. The van der Waals surface area contributed by atoms with Gasteiger partial charge in [0.05, 0.1) is 17.7 Å². The molecule has 0 aliphatic carbocycles. The summed E-state index contributed by atoms with van der Waals surface area (Å²) in [7, 11) is -2.44. The van der Waals surface area contributed by atoms with Gasteiger partial charge in [-0.25, -0.2) is 8.42 Å². The van der Waals surface area contributed by atoms with Gasteiger partial charge in [0, 0.05) is 12.1 Å². The average Bonchev–Trinajstić information content (AvgIpc) is 2.82. The fraction of sp³-hybridized carbons (Fsp3) is 0.240.